The number of hydrogen-bond donors (Lipinski definition) is 2. The van der Waals surface area contributed by atoms with Crippen molar-refractivity contribution in [1.29, 1.82) is 0 Å². The zero-order chi connectivity index (χ0) is 19.1. The van der Waals surface area contributed by atoms with Gasteiger partial charge in [-0.05, 0) is 37.3 Å². The number of aromatic nitrogens is 7. The summed E-state index contributed by atoms with van der Waals surface area (Å²) in [7, 11) is 0. The maximum absolute atomic E-state index is 13.6. The van der Waals surface area contributed by atoms with Gasteiger partial charge in [0.25, 0.3) is 0 Å². The normalized spacial score (nSPS) is 11.2. The van der Waals surface area contributed by atoms with E-state index in [1.165, 1.54) is 6.07 Å². The lowest BCUT2D eigenvalue weighted by atomic mass is 10.1. The molecule has 0 aliphatic carbocycles. The van der Waals surface area contributed by atoms with Crippen LogP contribution >= 0.6 is 0 Å². The summed E-state index contributed by atoms with van der Waals surface area (Å²) >= 11 is 0. The first-order valence-corrected chi connectivity index (χ1v) is 8.62. The second-order valence-corrected chi connectivity index (χ2v) is 6.34. The van der Waals surface area contributed by atoms with E-state index in [1.807, 2.05) is 18.2 Å². The summed E-state index contributed by atoms with van der Waals surface area (Å²) in [6, 6.07) is 8.75. The Morgan fingerprint density at radius 1 is 0.893 bits per heavy atom. The Balaban J connectivity index is 1.62. The second kappa shape index (κ2) is 6.34. The lowest BCUT2D eigenvalue weighted by molar-refractivity contribution is 0.610. The fraction of sp³-hybridized carbons (Fsp3) is 0.0500. The standard InChI is InChI=1S/C20H14FN7/c1-11-14(21)2-3-16(27-11)19-20(24-10-23-19)17-5-4-15-18(28-17)6-12(7-22-15)13-8-25-26-9-13/h2-10H,1H3,(H,23,24)(H,25,26). The average Bonchev–Trinajstić information content (AvgIpc) is 3.41. The first-order chi connectivity index (χ1) is 13.7. The number of hydrogen-bond acceptors (Lipinski definition) is 5. The van der Waals surface area contributed by atoms with Crippen LogP contribution in [0.25, 0.3) is 44.9 Å². The smallest absolute Gasteiger partial charge is 0.144 e. The van der Waals surface area contributed by atoms with Gasteiger partial charge < -0.3 is 4.98 Å². The van der Waals surface area contributed by atoms with Gasteiger partial charge in [-0.25, -0.2) is 19.3 Å². The Bertz CT molecular complexity index is 1290. The number of halogens is 1. The van der Waals surface area contributed by atoms with E-state index in [9.17, 15) is 4.39 Å². The highest BCUT2D eigenvalue weighted by Gasteiger charge is 2.15. The van der Waals surface area contributed by atoms with Crippen molar-refractivity contribution in [3.05, 3.63) is 66.8 Å². The fourth-order valence-electron chi connectivity index (χ4n) is 3.07. The van der Waals surface area contributed by atoms with Crippen molar-refractivity contribution in [2.75, 3.05) is 0 Å². The maximum atomic E-state index is 13.6. The minimum atomic E-state index is -0.341. The number of H-pyrrole nitrogens is 2. The van der Waals surface area contributed by atoms with Gasteiger partial charge in [0.2, 0.25) is 0 Å². The number of rotatable bonds is 3. The third-order valence-corrected chi connectivity index (χ3v) is 4.53. The first kappa shape index (κ1) is 16.2. The molecule has 7 nitrogen and oxygen atoms in total. The van der Waals surface area contributed by atoms with Gasteiger partial charge in [-0.2, -0.15) is 5.10 Å². The third-order valence-electron chi connectivity index (χ3n) is 4.53. The summed E-state index contributed by atoms with van der Waals surface area (Å²) in [6.45, 7) is 1.63. The van der Waals surface area contributed by atoms with Crippen LogP contribution in [-0.2, 0) is 0 Å². The summed E-state index contributed by atoms with van der Waals surface area (Å²) in [4.78, 5) is 21.0. The van der Waals surface area contributed by atoms with Gasteiger partial charge in [-0.1, -0.05) is 0 Å². The largest absolute Gasteiger partial charge is 0.343 e. The first-order valence-electron chi connectivity index (χ1n) is 8.62. The van der Waals surface area contributed by atoms with E-state index in [0.29, 0.717) is 28.5 Å². The van der Waals surface area contributed by atoms with Crippen LogP contribution in [0, 0.1) is 12.7 Å². The Kier molecular flexibility index (Phi) is 3.68. The molecule has 0 aromatic carbocycles. The molecule has 0 spiro atoms. The summed E-state index contributed by atoms with van der Waals surface area (Å²) in [5.74, 6) is -0.341. The van der Waals surface area contributed by atoms with Crippen LogP contribution in [0.4, 0.5) is 4.39 Å². The number of nitrogens with zero attached hydrogens (tertiary/aromatic N) is 5. The fourth-order valence-corrected chi connectivity index (χ4v) is 3.07. The van der Waals surface area contributed by atoms with E-state index in [1.54, 1.807) is 37.9 Å². The van der Waals surface area contributed by atoms with Crippen molar-refractivity contribution in [1.82, 2.24) is 35.1 Å². The van der Waals surface area contributed by atoms with E-state index in [4.69, 9.17) is 4.98 Å². The maximum Gasteiger partial charge on any atom is 0.144 e. The van der Waals surface area contributed by atoms with Gasteiger partial charge >= 0.3 is 0 Å². The summed E-state index contributed by atoms with van der Waals surface area (Å²) in [5.41, 5.74) is 6.34. The molecular weight excluding hydrogens is 357 g/mol. The van der Waals surface area contributed by atoms with Gasteiger partial charge in [0.05, 0.1) is 46.3 Å². The van der Waals surface area contributed by atoms with Crippen molar-refractivity contribution in [3.8, 4) is 33.9 Å². The molecular formula is C20H14FN7. The predicted octanol–water partition coefficient (Wildman–Crippen LogP) is 3.92. The average molecular weight is 371 g/mol. The van der Waals surface area contributed by atoms with E-state index < -0.39 is 0 Å². The van der Waals surface area contributed by atoms with Crippen molar-refractivity contribution in [2.24, 2.45) is 0 Å². The lowest BCUT2D eigenvalue weighted by Crippen LogP contribution is -1.94. The minimum absolute atomic E-state index is 0.332. The third kappa shape index (κ3) is 2.71. The molecule has 2 N–H and O–H groups in total. The number of fused-ring (bicyclic) bond motifs is 1. The van der Waals surface area contributed by atoms with Crippen LogP contribution in [0.2, 0.25) is 0 Å². The molecule has 5 aromatic heterocycles. The molecule has 0 saturated heterocycles. The Morgan fingerprint density at radius 2 is 1.79 bits per heavy atom. The number of imidazole rings is 1. The SMILES string of the molecule is Cc1nc(-c2[nH]cnc2-c2ccc3ncc(-c4cn[nH]c4)cc3n2)ccc1F. The van der Waals surface area contributed by atoms with Crippen LogP contribution in [0.15, 0.2) is 55.2 Å². The minimum Gasteiger partial charge on any atom is -0.343 e. The van der Waals surface area contributed by atoms with Crippen LogP contribution in [-0.4, -0.2) is 35.1 Å². The molecule has 0 bridgehead atoms. The van der Waals surface area contributed by atoms with Gasteiger partial charge in [-0.15, -0.1) is 0 Å². The molecule has 0 amide bonds. The van der Waals surface area contributed by atoms with E-state index in [0.717, 1.165) is 22.2 Å². The molecule has 0 aliphatic rings. The number of nitrogens with one attached hydrogen (secondary N) is 2. The molecule has 0 radical (unpaired) electrons. The van der Waals surface area contributed by atoms with Gasteiger partial charge in [0, 0.05) is 23.5 Å². The molecule has 0 saturated carbocycles. The second-order valence-electron chi connectivity index (χ2n) is 6.34. The molecule has 5 rings (SSSR count). The highest BCUT2D eigenvalue weighted by molar-refractivity contribution is 5.84. The molecule has 28 heavy (non-hydrogen) atoms. The Hall–Kier alpha value is -3.94. The van der Waals surface area contributed by atoms with Crippen molar-refractivity contribution < 1.29 is 4.39 Å². The van der Waals surface area contributed by atoms with Gasteiger partial charge in [0.1, 0.15) is 11.5 Å². The van der Waals surface area contributed by atoms with E-state index >= 15 is 0 Å². The van der Waals surface area contributed by atoms with E-state index in [2.05, 4.69) is 30.1 Å². The van der Waals surface area contributed by atoms with Crippen LogP contribution in [0.5, 0.6) is 0 Å². The van der Waals surface area contributed by atoms with E-state index in [-0.39, 0.29) is 5.82 Å². The Morgan fingerprint density at radius 3 is 2.61 bits per heavy atom. The topological polar surface area (TPSA) is 96.0 Å². The van der Waals surface area contributed by atoms with Gasteiger partial charge in [0.15, 0.2) is 0 Å². The van der Waals surface area contributed by atoms with Crippen LogP contribution in [0.3, 0.4) is 0 Å². The van der Waals surface area contributed by atoms with Crippen molar-refractivity contribution in [3.63, 3.8) is 0 Å². The monoisotopic (exact) mass is 371 g/mol. The van der Waals surface area contributed by atoms with Crippen molar-refractivity contribution >= 4 is 11.0 Å². The molecule has 5 heterocycles. The molecule has 136 valence electrons. The highest BCUT2D eigenvalue weighted by atomic mass is 19.1. The van der Waals surface area contributed by atoms with Gasteiger partial charge in [-0.3, -0.25) is 10.1 Å². The highest BCUT2D eigenvalue weighted by Crippen LogP contribution is 2.29. The molecule has 0 atom stereocenters. The predicted molar refractivity (Wildman–Crippen MR) is 103 cm³/mol. The summed E-state index contributed by atoms with van der Waals surface area (Å²) < 4.78 is 13.6. The molecule has 8 heteroatoms. The van der Waals surface area contributed by atoms with Crippen molar-refractivity contribution in [2.45, 2.75) is 6.92 Å². The number of pyridine rings is 3. The zero-order valence-corrected chi connectivity index (χ0v) is 14.8. The van der Waals surface area contributed by atoms with Crippen LogP contribution in [0.1, 0.15) is 5.69 Å². The Labute approximate surface area is 158 Å². The van der Waals surface area contributed by atoms with Crippen LogP contribution < -0.4 is 0 Å². The summed E-state index contributed by atoms with van der Waals surface area (Å²) in [5, 5.41) is 6.77. The quantitative estimate of drug-likeness (QED) is 0.501. The zero-order valence-electron chi connectivity index (χ0n) is 14.8. The number of aryl methyl sites for hydroxylation is 1. The molecule has 5 aromatic rings. The summed E-state index contributed by atoms with van der Waals surface area (Å²) in [6.07, 6.45) is 6.92. The molecule has 0 unspecified atom stereocenters. The molecule has 0 fully saturated rings. The number of aromatic amines is 2. The molecule has 0 aliphatic heterocycles. The lowest BCUT2D eigenvalue weighted by Gasteiger charge is -2.06.